The van der Waals surface area contributed by atoms with Crippen LogP contribution in [-0.4, -0.2) is 67.9 Å². The molecule has 2 amide bonds. The van der Waals surface area contributed by atoms with Crippen molar-refractivity contribution in [3.05, 3.63) is 41.7 Å². The van der Waals surface area contributed by atoms with Crippen LogP contribution in [0, 0.1) is 11.8 Å². The van der Waals surface area contributed by atoms with Gasteiger partial charge >= 0.3 is 6.01 Å². The van der Waals surface area contributed by atoms with Crippen LogP contribution >= 0.6 is 0 Å². The van der Waals surface area contributed by atoms with E-state index >= 15 is 0 Å². The van der Waals surface area contributed by atoms with Crippen LogP contribution in [0.4, 0.5) is 0 Å². The van der Waals surface area contributed by atoms with E-state index in [1.165, 1.54) is 22.9 Å². The third-order valence-electron chi connectivity index (χ3n) is 4.83. The second-order valence-electron chi connectivity index (χ2n) is 6.86. The molecule has 1 fully saturated rings. The Hall–Kier alpha value is -3.97. The first-order valence-corrected chi connectivity index (χ1v) is 9.03. The number of hydrogen-bond donors (Lipinski definition) is 2. The van der Waals surface area contributed by atoms with Gasteiger partial charge in [-0.05, 0) is 18.2 Å². The lowest BCUT2D eigenvalue weighted by molar-refractivity contribution is -0.137. The molecule has 10 heteroatoms. The van der Waals surface area contributed by atoms with Crippen molar-refractivity contribution in [3.63, 3.8) is 0 Å². The van der Waals surface area contributed by atoms with E-state index in [9.17, 15) is 14.7 Å². The zero-order valence-corrected chi connectivity index (χ0v) is 16.3. The number of likely N-dealkylation sites (tertiary alicyclic amines) is 1. The molecule has 3 heterocycles. The van der Waals surface area contributed by atoms with Crippen molar-refractivity contribution < 1.29 is 19.4 Å². The van der Waals surface area contributed by atoms with E-state index in [-0.39, 0.29) is 18.1 Å². The second kappa shape index (κ2) is 7.13. The van der Waals surface area contributed by atoms with Gasteiger partial charge in [-0.15, -0.1) is 0 Å². The normalized spacial score (nSPS) is 18.4. The van der Waals surface area contributed by atoms with E-state index < -0.39 is 17.4 Å². The SMILES string of the molecule is COc1ncc2c(C(N)=O)nn(-c3cccc(C#C[C@]4(O)CCN(C)C4=O)c3)c2n1. The van der Waals surface area contributed by atoms with Gasteiger partial charge in [0.05, 0.1) is 18.2 Å². The molecule has 1 atom stereocenters. The van der Waals surface area contributed by atoms with Crippen molar-refractivity contribution >= 4 is 22.8 Å². The maximum Gasteiger partial charge on any atom is 0.318 e. The maximum absolute atomic E-state index is 12.1. The maximum atomic E-state index is 12.1. The largest absolute Gasteiger partial charge is 0.467 e. The standard InChI is InChI=1S/C20H18N6O4/c1-25-9-8-20(29,18(25)28)7-6-12-4-3-5-13(10-12)26-17-14(15(24-26)16(21)27)11-22-19(23-17)30-2/h3-5,10-11,29H,8-9H2,1-2H3,(H2,21,27)/t20-/m0/s1. The highest BCUT2D eigenvalue weighted by Crippen LogP contribution is 2.23. The highest BCUT2D eigenvalue weighted by molar-refractivity contribution is 6.03. The molecule has 0 spiro atoms. The molecule has 1 aliphatic heterocycles. The Bertz CT molecular complexity index is 1240. The summed E-state index contributed by atoms with van der Waals surface area (Å²) >= 11 is 0. The van der Waals surface area contributed by atoms with E-state index in [0.29, 0.717) is 28.8 Å². The molecular weight excluding hydrogens is 388 g/mol. The van der Waals surface area contributed by atoms with E-state index in [1.807, 2.05) is 0 Å². The number of carbonyl (C=O) groups excluding carboxylic acids is 2. The third-order valence-corrected chi connectivity index (χ3v) is 4.83. The minimum atomic E-state index is -1.69. The van der Waals surface area contributed by atoms with Crippen molar-refractivity contribution in [1.29, 1.82) is 0 Å². The minimum Gasteiger partial charge on any atom is -0.467 e. The van der Waals surface area contributed by atoms with Crippen LogP contribution in [0.15, 0.2) is 30.5 Å². The van der Waals surface area contributed by atoms with Gasteiger partial charge in [0.15, 0.2) is 11.3 Å². The van der Waals surface area contributed by atoms with Crippen LogP contribution in [0.2, 0.25) is 0 Å². The fraction of sp³-hybridized carbons (Fsp3) is 0.250. The molecule has 30 heavy (non-hydrogen) atoms. The highest BCUT2D eigenvalue weighted by atomic mass is 16.5. The summed E-state index contributed by atoms with van der Waals surface area (Å²) in [5.41, 5.74) is 5.22. The van der Waals surface area contributed by atoms with Gasteiger partial charge < -0.3 is 20.5 Å². The quantitative estimate of drug-likeness (QED) is 0.578. The number of nitrogens with two attached hydrogens (primary N) is 1. The van der Waals surface area contributed by atoms with Gasteiger partial charge in [0.2, 0.25) is 5.60 Å². The summed E-state index contributed by atoms with van der Waals surface area (Å²) in [7, 11) is 3.05. The Labute approximate surface area is 171 Å². The summed E-state index contributed by atoms with van der Waals surface area (Å²) in [5, 5.41) is 15.1. The summed E-state index contributed by atoms with van der Waals surface area (Å²) in [5.74, 6) is 4.40. The summed E-state index contributed by atoms with van der Waals surface area (Å²) in [4.78, 5) is 33.6. The number of primary amides is 1. The highest BCUT2D eigenvalue weighted by Gasteiger charge is 2.42. The van der Waals surface area contributed by atoms with Crippen LogP contribution < -0.4 is 10.5 Å². The second-order valence-corrected chi connectivity index (χ2v) is 6.86. The molecule has 2 aromatic heterocycles. The molecule has 4 rings (SSSR count). The van der Waals surface area contributed by atoms with Gasteiger partial charge in [-0.1, -0.05) is 17.9 Å². The number of ether oxygens (including phenoxy) is 1. The third kappa shape index (κ3) is 3.21. The van der Waals surface area contributed by atoms with Gasteiger partial charge in [0.25, 0.3) is 11.8 Å². The van der Waals surface area contributed by atoms with Crippen molar-refractivity contribution in [2.24, 2.45) is 5.73 Å². The number of aromatic nitrogens is 4. The van der Waals surface area contributed by atoms with Crippen LogP contribution in [0.5, 0.6) is 6.01 Å². The smallest absolute Gasteiger partial charge is 0.318 e. The first-order valence-electron chi connectivity index (χ1n) is 9.03. The van der Waals surface area contributed by atoms with Crippen molar-refractivity contribution in [2.75, 3.05) is 20.7 Å². The van der Waals surface area contributed by atoms with E-state index in [0.717, 1.165) is 0 Å². The molecule has 0 unspecified atom stereocenters. The first kappa shape index (κ1) is 19.4. The monoisotopic (exact) mass is 406 g/mol. The van der Waals surface area contributed by atoms with Crippen molar-refractivity contribution in [1.82, 2.24) is 24.6 Å². The van der Waals surface area contributed by atoms with Crippen LogP contribution in [0.1, 0.15) is 22.5 Å². The van der Waals surface area contributed by atoms with Crippen molar-refractivity contribution in [2.45, 2.75) is 12.0 Å². The summed E-state index contributed by atoms with van der Waals surface area (Å²) < 4.78 is 6.50. The van der Waals surface area contributed by atoms with E-state index in [1.54, 1.807) is 31.3 Å². The number of hydrogen-bond acceptors (Lipinski definition) is 7. The van der Waals surface area contributed by atoms with Gasteiger partial charge in [-0.2, -0.15) is 10.1 Å². The zero-order chi connectivity index (χ0) is 21.5. The average molecular weight is 406 g/mol. The Morgan fingerprint density at radius 2 is 2.20 bits per heavy atom. The molecule has 0 saturated carbocycles. The predicted octanol–water partition coefficient (Wildman–Crippen LogP) is -0.132. The molecule has 1 aromatic carbocycles. The fourth-order valence-electron chi connectivity index (χ4n) is 3.21. The average Bonchev–Trinajstić information content (AvgIpc) is 3.26. The minimum absolute atomic E-state index is 0.0260. The Morgan fingerprint density at radius 3 is 2.87 bits per heavy atom. The number of rotatable bonds is 3. The van der Waals surface area contributed by atoms with E-state index in [4.69, 9.17) is 10.5 Å². The molecule has 1 aliphatic rings. The lowest BCUT2D eigenvalue weighted by Crippen LogP contribution is -2.37. The molecule has 0 aliphatic carbocycles. The number of methoxy groups -OCH3 is 1. The Kier molecular flexibility index (Phi) is 4.60. The van der Waals surface area contributed by atoms with Gasteiger partial charge in [0, 0.05) is 31.8 Å². The van der Waals surface area contributed by atoms with Crippen LogP contribution in [-0.2, 0) is 4.79 Å². The lowest BCUT2D eigenvalue weighted by Gasteiger charge is -2.13. The molecule has 152 valence electrons. The number of carbonyl (C=O) groups is 2. The molecule has 0 bridgehead atoms. The Balaban J connectivity index is 1.78. The van der Waals surface area contributed by atoms with Crippen LogP contribution in [0.3, 0.4) is 0 Å². The number of amides is 2. The van der Waals surface area contributed by atoms with Crippen molar-refractivity contribution in [3.8, 4) is 23.5 Å². The molecule has 1 saturated heterocycles. The summed E-state index contributed by atoms with van der Waals surface area (Å²) in [6.07, 6.45) is 1.67. The number of aliphatic hydroxyl groups is 1. The lowest BCUT2D eigenvalue weighted by atomic mass is 10.0. The molecular formula is C20H18N6O4. The Morgan fingerprint density at radius 1 is 1.40 bits per heavy atom. The zero-order valence-electron chi connectivity index (χ0n) is 16.3. The number of nitrogens with zero attached hydrogens (tertiary/aromatic N) is 5. The summed E-state index contributed by atoms with van der Waals surface area (Å²) in [6.45, 7) is 0.445. The summed E-state index contributed by atoms with van der Waals surface area (Å²) in [6, 6.07) is 7.04. The van der Waals surface area contributed by atoms with E-state index in [2.05, 4.69) is 26.9 Å². The first-order chi connectivity index (χ1) is 14.3. The van der Waals surface area contributed by atoms with Gasteiger partial charge in [0.1, 0.15) is 0 Å². The van der Waals surface area contributed by atoms with Crippen LogP contribution in [0.25, 0.3) is 16.7 Å². The van der Waals surface area contributed by atoms with Gasteiger partial charge in [-0.25, -0.2) is 9.67 Å². The molecule has 10 nitrogen and oxygen atoms in total. The fourth-order valence-corrected chi connectivity index (χ4v) is 3.21. The molecule has 3 aromatic rings. The number of fused-ring (bicyclic) bond motifs is 1. The van der Waals surface area contributed by atoms with Gasteiger partial charge in [-0.3, -0.25) is 9.59 Å². The number of likely N-dealkylation sites (N-methyl/N-ethyl adjacent to an activating group) is 1. The topological polar surface area (TPSA) is 136 Å². The molecule has 0 radical (unpaired) electrons. The molecule has 3 N–H and O–H groups in total. The predicted molar refractivity (Wildman–Crippen MR) is 106 cm³/mol. The number of benzene rings is 1.